The lowest BCUT2D eigenvalue weighted by atomic mass is 10.2. The lowest BCUT2D eigenvalue weighted by molar-refractivity contribution is 0.373. The predicted octanol–water partition coefficient (Wildman–Crippen LogP) is 5.00. The Morgan fingerprint density at radius 1 is 1.03 bits per heavy atom. The van der Waals surface area contributed by atoms with Gasteiger partial charge in [-0.25, -0.2) is 0 Å². The summed E-state index contributed by atoms with van der Waals surface area (Å²) in [7, 11) is 0. The molecular weight excluding hydrogens is 384 g/mol. The average molecular weight is 407 g/mol. The van der Waals surface area contributed by atoms with Gasteiger partial charge in [0.25, 0.3) is 0 Å². The summed E-state index contributed by atoms with van der Waals surface area (Å²) in [5.41, 5.74) is 3.06. The maximum Gasteiger partial charge on any atom is 0.239 e. The van der Waals surface area contributed by atoms with Gasteiger partial charge in [-0.3, -0.25) is 9.55 Å². The Bertz CT molecular complexity index is 1110. The first-order valence-corrected chi connectivity index (χ1v) is 10.3. The largest absolute Gasteiger partial charge is 0.338 e. The van der Waals surface area contributed by atoms with Crippen molar-refractivity contribution >= 4 is 11.8 Å². The molecule has 1 aromatic carbocycles. The van der Waals surface area contributed by atoms with Crippen LogP contribution in [-0.2, 0) is 0 Å². The molecule has 0 aliphatic carbocycles. The van der Waals surface area contributed by atoms with Crippen LogP contribution in [0.4, 0.5) is 0 Å². The van der Waals surface area contributed by atoms with Crippen molar-refractivity contribution in [3.8, 4) is 17.1 Å². The van der Waals surface area contributed by atoms with E-state index in [0.29, 0.717) is 11.7 Å². The molecule has 0 spiro atoms. The maximum atomic E-state index is 5.47. The molecule has 0 N–H and O–H groups in total. The van der Waals surface area contributed by atoms with Gasteiger partial charge >= 0.3 is 0 Å². The van der Waals surface area contributed by atoms with Gasteiger partial charge in [-0.15, -0.1) is 10.2 Å². The second kappa shape index (κ2) is 8.16. The third-order valence-electron chi connectivity index (χ3n) is 4.51. The Morgan fingerprint density at radius 3 is 2.55 bits per heavy atom. The molecule has 8 heteroatoms. The van der Waals surface area contributed by atoms with Crippen LogP contribution in [0.15, 0.2) is 58.5 Å². The van der Waals surface area contributed by atoms with E-state index in [1.807, 2.05) is 45.0 Å². The Kier molecular flexibility index (Phi) is 5.44. The topological polar surface area (TPSA) is 82.5 Å². The number of nitrogens with zero attached hydrogens (tertiary/aromatic N) is 6. The van der Waals surface area contributed by atoms with Crippen LogP contribution in [0.1, 0.15) is 49.2 Å². The Balaban J connectivity index is 1.75. The van der Waals surface area contributed by atoms with E-state index >= 15 is 0 Å². The minimum absolute atomic E-state index is 0.0660. The molecule has 0 fully saturated rings. The van der Waals surface area contributed by atoms with E-state index in [1.54, 1.807) is 24.2 Å². The normalized spacial score (nSPS) is 12.4. The quantitative estimate of drug-likeness (QED) is 0.417. The Hall–Kier alpha value is -3.00. The van der Waals surface area contributed by atoms with Crippen molar-refractivity contribution < 1.29 is 4.52 Å². The number of para-hydroxylation sites is 1. The lowest BCUT2D eigenvalue weighted by Gasteiger charge is -2.13. The molecule has 0 saturated heterocycles. The highest BCUT2D eigenvalue weighted by Gasteiger charge is 2.23. The molecular formula is C21H22N6OS. The van der Waals surface area contributed by atoms with E-state index in [-0.39, 0.29) is 11.2 Å². The Labute approximate surface area is 173 Å². The molecule has 0 amide bonds. The monoisotopic (exact) mass is 406 g/mol. The summed E-state index contributed by atoms with van der Waals surface area (Å²) in [4.78, 5) is 8.76. The number of aryl methyl sites for hydroxylation is 1. The number of hydrogen-bond acceptors (Lipinski definition) is 7. The number of pyridine rings is 1. The van der Waals surface area contributed by atoms with Crippen molar-refractivity contribution in [1.29, 1.82) is 0 Å². The van der Waals surface area contributed by atoms with Gasteiger partial charge in [0.2, 0.25) is 5.89 Å². The van der Waals surface area contributed by atoms with Gasteiger partial charge in [-0.2, -0.15) is 4.98 Å². The molecule has 0 aliphatic rings. The molecule has 7 nitrogen and oxygen atoms in total. The van der Waals surface area contributed by atoms with Gasteiger partial charge in [-0.05, 0) is 37.6 Å². The van der Waals surface area contributed by atoms with Crippen LogP contribution in [0, 0.1) is 6.92 Å². The Morgan fingerprint density at radius 2 is 1.86 bits per heavy atom. The van der Waals surface area contributed by atoms with Crippen LogP contribution in [0.25, 0.3) is 17.1 Å². The van der Waals surface area contributed by atoms with Gasteiger partial charge in [0.1, 0.15) is 0 Å². The van der Waals surface area contributed by atoms with Crippen molar-refractivity contribution in [3.05, 3.63) is 66.1 Å². The van der Waals surface area contributed by atoms with Gasteiger partial charge in [0, 0.05) is 23.9 Å². The molecule has 1 unspecified atom stereocenters. The fourth-order valence-electron chi connectivity index (χ4n) is 2.92. The summed E-state index contributed by atoms with van der Waals surface area (Å²) < 4.78 is 7.53. The van der Waals surface area contributed by atoms with E-state index in [0.717, 1.165) is 27.8 Å². The number of hydrogen-bond donors (Lipinski definition) is 0. The zero-order valence-corrected chi connectivity index (χ0v) is 17.6. The summed E-state index contributed by atoms with van der Waals surface area (Å²) in [6.07, 6.45) is 3.54. The minimum atomic E-state index is -0.0660. The standard InChI is InChI=1S/C21H22N6OS/c1-13(2)18-23-20(28-26-18)15(4)29-21-25-24-19(16-9-7-11-22-12-16)27(21)17-10-6-5-8-14(17)3/h5-13,15H,1-4H3. The van der Waals surface area contributed by atoms with Crippen LogP contribution in [0.5, 0.6) is 0 Å². The number of thioether (sulfide) groups is 1. The van der Waals surface area contributed by atoms with E-state index in [2.05, 4.69) is 48.9 Å². The van der Waals surface area contributed by atoms with Gasteiger partial charge in [0.05, 0.1) is 10.9 Å². The molecule has 4 rings (SSSR count). The first-order valence-electron chi connectivity index (χ1n) is 9.46. The van der Waals surface area contributed by atoms with E-state index < -0.39 is 0 Å². The maximum absolute atomic E-state index is 5.47. The molecule has 0 radical (unpaired) electrons. The molecule has 0 aliphatic heterocycles. The summed E-state index contributed by atoms with van der Waals surface area (Å²) in [6.45, 7) is 8.19. The third-order valence-corrected chi connectivity index (χ3v) is 5.54. The van der Waals surface area contributed by atoms with Crippen molar-refractivity contribution in [3.63, 3.8) is 0 Å². The fourth-order valence-corrected chi connectivity index (χ4v) is 3.81. The van der Waals surface area contributed by atoms with E-state index in [4.69, 9.17) is 4.52 Å². The summed E-state index contributed by atoms with van der Waals surface area (Å²) in [6, 6.07) is 12.1. The molecule has 3 aromatic heterocycles. The van der Waals surface area contributed by atoms with Crippen LogP contribution in [0.2, 0.25) is 0 Å². The van der Waals surface area contributed by atoms with Crippen molar-refractivity contribution in [1.82, 2.24) is 29.9 Å². The minimum Gasteiger partial charge on any atom is -0.338 e. The zero-order chi connectivity index (χ0) is 20.4. The summed E-state index contributed by atoms with van der Waals surface area (Å²) in [5, 5.41) is 13.7. The highest BCUT2D eigenvalue weighted by atomic mass is 32.2. The van der Waals surface area contributed by atoms with Crippen molar-refractivity contribution in [2.24, 2.45) is 0 Å². The third kappa shape index (κ3) is 3.93. The van der Waals surface area contributed by atoms with E-state index in [1.165, 1.54) is 0 Å². The smallest absolute Gasteiger partial charge is 0.239 e. The van der Waals surface area contributed by atoms with Crippen molar-refractivity contribution in [2.75, 3.05) is 0 Å². The molecule has 3 heterocycles. The predicted molar refractivity (Wildman–Crippen MR) is 112 cm³/mol. The van der Waals surface area contributed by atoms with Gasteiger partial charge in [0.15, 0.2) is 16.8 Å². The molecule has 0 saturated carbocycles. The average Bonchev–Trinajstić information content (AvgIpc) is 3.37. The second-order valence-electron chi connectivity index (χ2n) is 7.08. The van der Waals surface area contributed by atoms with Gasteiger partial charge < -0.3 is 4.52 Å². The molecule has 1 atom stereocenters. The second-order valence-corrected chi connectivity index (χ2v) is 8.38. The first-order chi connectivity index (χ1) is 14.0. The zero-order valence-electron chi connectivity index (χ0n) is 16.8. The van der Waals surface area contributed by atoms with Crippen molar-refractivity contribution in [2.45, 2.75) is 44.0 Å². The van der Waals surface area contributed by atoms with Gasteiger partial charge in [-0.1, -0.05) is 49.0 Å². The molecule has 4 aromatic rings. The van der Waals surface area contributed by atoms with Crippen LogP contribution >= 0.6 is 11.8 Å². The van der Waals surface area contributed by atoms with E-state index in [9.17, 15) is 0 Å². The number of benzene rings is 1. The van der Waals surface area contributed by atoms with Crippen LogP contribution < -0.4 is 0 Å². The number of rotatable bonds is 6. The number of aromatic nitrogens is 6. The highest BCUT2D eigenvalue weighted by Crippen LogP contribution is 2.37. The SMILES string of the molecule is Cc1ccccc1-n1c(SC(C)c2nc(C(C)C)no2)nnc1-c1cccnc1. The van der Waals surface area contributed by atoms with Crippen LogP contribution in [0.3, 0.4) is 0 Å². The lowest BCUT2D eigenvalue weighted by Crippen LogP contribution is -2.03. The first kappa shape index (κ1) is 19.3. The highest BCUT2D eigenvalue weighted by molar-refractivity contribution is 7.99. The summed E-state index contributed by atoms with van der Waals surface area (Å²) >= 11 is 1.54. The fraction of sp³-hybridized carbons (Fsp3) is 0.286. The summed E-state index contributed by atoms with van der Waals surface area (Å²) in [5.74, 6) is 2.26. The van der Waals surface area contributed by atoms with Crippen LogP contribution in [-0.4, -0.2) is 29.9 Å². The molecule has 0 bridgehead atoms. The molecule has 148 valence electrons. The molecule has 29 heavy (non-hydrogen) atoms.